The van der Waals surface area contributed by atoms with E-state index < -0.39 is 0 Å². The van der Waals surface area contributed by atoms with Gasteiger partial charge in [0.15, 0.2) is 10.8 Å². The van der Waals surface area contributed by atoms with Crippen molar-refractivity contribution in [2.75, 3.05) is 7.11 Å². The molecule has 0 amide bonds. The maximum Gasteiger partial charge on any atom is 0.341 e. The summed E-state index contributed by atoms with van der Waals surface area (Å²) in [6.07, 6.45) is 8.03. The first-order chi connectivity index (χ1) is 12.7. The normalized spacial score (nSPS) is 13.9. The highest BCUT2D eigenvalue weighted by Crippen LogP contribution is 2.40. The predicted octanol–water partition coefficient (Wildman–Crippen LogP) is 3.07. The van der Waals surface area contributed by atoms with Gasteiger partial charge >= 0.3 is 5.97 Å². The van der Waals surface area contributed by atoms with E-state index in [0.29, 0.717) is 29.4 Å². The number of carbonyl (C=O) groups is 1. The van der Waals surface area contributed by atoms with E-state index >= 15 is 0 Å². The summed E-state index contributed by atoms with van der Waals surface area (Å²) >= 11 is 1.59. The van der Waals surface area contributed by atoms with Crippen molar-refractivity contribution in [2.45, 2.75) is 36.2 Å². The zero-order valence-corrected chi connectivity index (χ0v) is 15.3. The second-order valence-electron chi connectivity index (χ2n) is 6.18. The fourth-order valence-corrected chi connectivity index (χ4v) is 3.73. The van der Waals surface area contributed by atoms with E-state index in [1.165, 1.54) is 20.0 Å². The van der Waals surface area contributed by atoms with Crippen molar-refractivity contribution in [1.82, 2.24) is 24.1 Å². The predicted molar refractivity (Wildman–Crippen MR) is 98.3 cm³/mol. The number of methoxy groups -OCH3 is 1. The molecular weight excluding hydrogens is 350 g/mol. The molecule has 0 atom stereocenters. The molecule has 1 aliphatic carbocycles. The molecule has 1 saturated carbocycles. The maximum absolute atomic E-state index is 11.9. The van der Waals surface area contributed by atoms with Crippen molar-refractivity contribution >= 4 is 23.4 Å². The average molecular weight is 369 g/mol. The third kappa shape index (κ3) is 3.12. The van der Waals surface area contributed by atoms with E-state index in [1.807, 2.05) is 22.9 Å². The van der Waals surface area contributed by atoms with Gasteiger partial charge in [-0.05, 0) is 25.0 Å². The molecule has 0 unspecified atom stereocenters. The van der Waals surface area contributed by atoms with Gasteiger partial charge in [-0.15, -0.1) is 16.8 Å². The van der Waals surface area contributed by atoms with Crippen molar-refractivity contribution in [1.29, 1.82) is 0 Å². The minimum atomic E-state index is -0.389. The van der Waals surface area contributed by atoms with Crippen molar-refractivity contribution in [2.24, 2.45) is 0 Å². The Morgan fingerprint density at radius 1 is 1.46 bits per heavy atom. The Labute approximate surface area is 155 Å². The first-order valence-corrected chi connectivity index (χ1v) is 9.41. The van der Waals surface area contributed by atoms with Crippen LogP contribution in [0.4, 0.5) is 0 Å². The molecule has 3 heterocycles. The summed E-state index contributed by atoms with van der Waals surface area (Å²) in [7, 11) is 1.37. The quantitative estimate of drug-likeness (QED) is 0.362. The van der Waals surface area contributed by atoms with E-state index in [2.05, 4.69) is 26.3 Å². The van der Waals surface area contributed by atoms with E-state index in [9.17, 15) is 4.79 Å². The molecule has 4 rings (SSSR count). The van der Waals surface area contributed by atoms with Gasteiger partial charge in [0, 0.05) is 30.6 Å². The van der Waals surface area contributed by atoms with E-state index in [4.69, 9.17) is 4.74 Å². The summed E-state index contributed by atoms with van der Waals surface area (Å²) in [6, 6.07) is 3.52. The number of hydrogen-bond donors (Lipinski definition) is 0. The lowest BCUT2D eigenvalue weighted by molar-refractivity contribution is 0.0602. The highest BCUT2D eigenvalue weighted by atomic mass is 32.2. The molecule has 26 heavy (non-hydrogen) atoms. The monoisotopic (exact) mass is 369 g/mol. The summed E-state index contributed by atoms with van der Waals surface area (Å²) in [5, 5.41) is 9.57. The topological polar surface area (TPSA) is 74.3 Å². The minimum absolute atomic E-state index is 0.389. The van der Waals surface area contributed by atoms with Crippen LogP contribution in [0.25, 0.3) is 5.65 Å². The Balaban J connectivity index is 1.57. The van der Waals surface area contributed by atoms with E-state index in [-0.39, 0.29) is 5.97 Å². The van der Waals surface area contributed by atoms with Gasteiger partial charge in [0.05, 0.1) is 12.8 Å². The lowest BCUT2D eigenvalue weighted by Crippen LogP contribution is -2.03. The second-order valence-corrected chi connectivity index (χ2v) is 7.12. The standard InChI is InChI=1S/C18H19N5O2S/c1-3-8-23-15(12-6-7-12)20-21-18(23)26-11-13-10-22-9-4-5-14(16(22)19-13)17(24)25-2/h3-5,9-10,12H,1,6-8,11H2,2H3. The highest BCUT2D eigenvalue weighted by molar-refractivity contribution is 7.98. The maximum atomic E-state index is 11.9. The zero-order valence-electron chi connectivity index (χ0n) is 14.5. The van der Waals surface area contributed by atoms with Crippen LogP contribution in [-0.4, -0.2) is 37.2 Å². The van der Waals surface area contributed by atoms with E-state index in [1.54, 1.807) is 23.9 Å². The van der Waals surface area contributed by atoms with Gasteiger partial charge in [-0.3, -0.25) is 0 Å². The number of ether oxygens (including phenoxy) is 1. The average Bonchev–Trinajstić information content (AvgIpc) is 3.28. The van der Waals surface area contributed by atoms with E-state index in [0.717, 1.165) is 16.7 Å². The fraction of sp³-hybridized carbons (Fsp3) is 0.333. The van der Waals surface area contributed by atoms with Crippen molar-refractivity contribution in [3.05, 3.63) is 54.3 Å². The van der Waals surface area contributed by atoms with Crippen LogP contribution < -0.4 is 0 Å². The molecule has 1 fully saturated rings. The lowest BCUT2D eigenvalue weighted by atomic mass is 10.3. The number of nitrogens with zero attached hydrogens (tertiary/aromatic N) is 5. The number of thioether (sulfide) groups is 1. The molecular formula is C18H19N5O2S. The number of allylic oxidation sites excluding steroid dienone is 1. The molecule has 134 valence electrons. The van der Waals surface area contributed by atoms with Crippen LogP contribution in [0.15, 0.2) is 42.3 Å². The van der Waals surface area contributed by atoms with Gasteiger partial charge in [-0.1, -0.05) is 17.8 Å². The minimum Gasteiger partial charge on any atom is -0.465 e. The third-order valence-electron chi connectivity index (χ3n) is 4.29. The molecule has 0 N–H and O–H groups in total. The molecule has 0 bridgehead atoms. The zero-order chi connectivity index (χ0) is 18.1. The van der Waals surface area contributed by atoms with Gasteiger partial charge in [0.1, 0.15) is 11.4 Å². The summed E-state index contributed by atoms with van der Waals surface area (Å²) in [5.41, 5.74) is 1.92. The van der Waals surface area contributed by atoms with Gasteiger partial charge in [0.25, 0.3) is 0 Å². The number of rotatable bonds is 7. The number of imidazole rings is 1. The largest absolute Gasteiger partial charge is 0.465 e. The SMILES string of the molecule is C=CCn1c(SCc2cn3cccc(C(=O)OC)c3n2)nnc1C1CC1. The van der Waals surface area contributed by atoms with Crippen LogP contribution in [0.5, 0.6) is 0 Å². The number of fused-ring (bicyclic) bond motifs is 1. The number of esters is 1. The number of carbonyl (C=O) groups excluding carboxylic acids is 1. The molecule has 3 aromatic heterocycles. The fourth-order valence-electron chi connectivity index (χ4n) is 2.89. The van der Waals surface area contributed by atoms with Gasteiger partial charge < -0.3 is 13.7 Å². The van der Waals surface area contributed by atoms with Crippen LogP contribution in [0, 0.1) is 0 Å². The molecule has 0 aromatic carbocycles. The third-order valence-corrected chi connectivity index (χ3v) is 5.29. The van der Waals surface area contributed by atoms with Crippen LogP contribution in [0.3, 0.4) is 0 Å². The Morgan fingerprint density at radius 3 is 3.04 bits per heavy atom. The molecule has 3 aromatic rings. The summed E-state index contributed by atoms with van der Waals surface area (Å²) in [5.74, 6) is 1.84. The summed E-state index contributed by atoms with van der Waals surface area (Å²) < 4.78 is 8.80. The van der Waals surface area contributed by atoms with Crippen molar-refractivity contribution in [3.8, 4) is 0 Å². The summed E-state index contributed by atoms with van der Waals surface area (Å²) in [6.45, 7) is 4.54. The second kappa shape index (κ2) is 6.95. The van der Waals surface area contributed by atoms with Crippen LogP contribution in [0.2, 0.25) is 0 Å². The number of aromatic nitrogens is 5. The van der Waals surface area contributed by atoms with Crippen molar-refractivity contribution in [3.63, 3.8) is 0 Å². The highest BCUT2D eigenvalue weighted by Gasteiger charge is 2.30. The molecule has 0 spiro atoms. The first kappa shape index (κ1) is 16.8. The number of hydrogen-bond acceptors (Lipinski definition) is 6. The van der Waals surface area contributed by atoms with Crippen LogP contribution >= 0.6 is 11.8 Å². The molecule has 0 radical (unpaired) electrons. The molecule has 7 nitrogen and oxygen atoms in total. The molecule has 1 aliphatic rings. The Hall–Kier alpha value is -2.61. The summed E-state index contributed by atoms with van der Waals surface area (Å²) in [4.78, 5) is 16.5. The van der Waals surface area contributed by atoms with Crippen molar-refractivity contribution < 1.29 is 9.53 Å². The van der Waals surface area contributed by atoms with Gasteiger partial charge in [-0.25, -0.2) is 9.78 Å². The molecule has 8 heteroatoms. The smallest absolute Gasteiger partial charge is 0.341 e. The first-order valence-electron chi connectivity index (χ1n) is 8.43. The molecule has 0 saturated heterocycles. The van der Waals surface area contributed by atoms with Crippen LogP contribution in [0.1, 0.15) is 40.6 Å². The number of pyridine rings is 1. The van der Waals surface area contributed by atoms with Crippen LogP contribution in [-0.2, 0) is 17.0 Å². The molecule has 0 aliphatic heterocycles. The Kier molecular flexibility index (Phi) is 4.50. The van der Waals surface area contributed by atoms with Gasteiger partial charge in [0.2, 0.25) is 0 Å². The lowest BCUT2D eigenvalue weighted by Gasteiger charge is -2.05. The Morgan fingerprint density at radius 2 is 2.31 bits per heavy atom. The Bertz CT molecular complexity index is 973. The van der Waals surface area contributed by atoms with Gasteiger partial charge in [-0.2, -0.15) is 0 Å².